The molecule has 4 amide bonds. The number of aromatic nitrogens is 1. The Bertz CT molecular complexity index is 1300. The third-order valence-electron chi connectivity index (χ3n) is 7.20. The summed E-state index contributed by atoms with van der Waals surface area (Å²) in [7, 11) is 1.44. The summed E-state index contributed by atoms with van der Waals surface area (Å²) in [5.74, 6) is -1.63. The van der Waals surface area contributed by atoms with Crippen molar-refractivity contribution in [1.82, 2.24) is 25.8 Å². The lowest BCUT2D eigenvalue weighted by Gasteiger charge is -2.32. The Kier molecular flexibility index (Phi) is 12.2. The number of carbonyl (C=O) groups excluding carboxylic acids is 4. The molecular formula is C30H41N5O7S. The highest BCUT2D eigenvalue weighted by molar-refractivity contribution is 7.98. The average Bonchev–Trinajstić information content (AvgIpc) is 3.00. The molecule has 43 heavy (non-hydrogen) atoms. The maximum atomic E-state index is 13.8. The zero-order valence-electron chi connectivity index (χ0n) is 25.4. The lowest BCUT2D eigenvalue weighted by atomic mass is 10.0. The van der Waals surface area contributed by atoms with Gasteiger partial charge in [-0.3, -0.25) is 19.2 Å². The molecule has 3 rings (SSSR count). The first kappa shape index (κ1) is 33.7. The average molecular weight is 616 g/mol. The van der Waals surface area contributed by atoms with E-state index in [9.17, 15) is 24.3 Å². The smallest absolute Gasteiger partial charge is 0.263 e. The highest BCUT2D eigenvalue weighted by Gasteiger charge is 2.33. The van der Waals surface area contributed by atoms with Crippen LogP contribution in [0.25, 0.3) is 0 Å². The number of hydrogen-bond acceptors (Lipinski definition) is 9. The van der Waals surface area contributed by atoms with Crippen LogP contribution in [0.1, 0.15) is 54.8 Å². The van der Waals surface area contributed by atoms with Gasteiger partial charge in [0.1, 0.15) is 5.03 Å². The first-order chi connectivity index (χ1) is 20.5. The fourth-order valence-corrected chi connectivity index (χ4v) is 5.10. The first-order valence-corrected chi connectivity index (χ1v) is 15.4. The van der Waals surface area contributed by atoms with Gasteiger partial charge >= 0.3 is 0 Å². The molecule has 2 heterocycles. The molecule has 0 spiro atoms. The van der Waals surface area contributed by atoms with E-state index in [1.165, 1.54) is 29.8 Å². The van der Waals surface area contributed by atoms with Gasteiger partial charge in [-0.1, -0.05) is 20.8 Å². The monoisotopic (exact) mass is 615 g/mol. The van der Waals surface area contributed by atoms with Crippen LogP contribution in [0, 0.1) is 5.92 Å². The Morgan fingerprint density at radius 1 is 1.26 bits per heavy atom. The van der Waals surface area contributed by atoms with Crippen LogP contribution < -0.4 is 25.4 Å². The van der Waals surface area contributed by atoms with Crippen LogP contribution in [0.3, 0.4) is 0 Å². The number of nitrogens with zero attached hydrogens (tertiary/aromatic N) is 2. The minimum absolute atomic E-state index is 0.0465. The molecule has 13 heteroatoms. The van der Waals surface area contributed by atoms with E-state index in [4.69, 9.17) is 9.47 Å². The van der Waals surface area contributed by atoms with E-state index in [2.05, 4.69) is 20.9 Å². The second-order valence-electron chi connectivity index (χ2n) is 10.6. The van der Waals surface area contributed by atoms with Gasteiger partial charge in [-0.05, 0) is 55.9 Å². The van der Waals surface area contributed by atoms with Crippen molar-refractivity contribution in [3.63, 3.8) is 0 Å². The number of pyridine rings is 1. The van der Waals surface area contributed by atoms with Gasteiger partial charge in [0.25, 0.3) is 17.7 Å². The second-order valence-corrected chi connectivity index (χ2v) is 11.4. The number of nitrogens with one attached hydrogen (secondary N) is 3. The van der Waals surface area contributed by atoms with E-state index in [-0.39, 0.29) is 42.7 Å². The number of aliphatic hydroxyl groups excluding tert-OH is 1. The van der Waals surface area contributed by atoms with Crippen LogP contribution in [0.5, 0.6) is 11.5 Å². The van der Waals surface area contributed by atoms with Crippen LogP contribution in [0.15, 0.2) is 41.6 Å². The van der Waals surface area contributed by atoms with Crippen molar-refractivity contribution >= 4 is 35.4 Å². The number of fused-ring (bicyclic) bond motifs is 2. The largest absolute Gasteiger partial charge is 0.493 e. The topological polar surface area (TPSA) is 159 Å². The Balaban J connectivity index is 2.08. The molecule has 1 aromatic heterocycles. The number of benzene rings is 1. The number of amides is 4. The van der Waals surface area contributed by atoms with Gasteiger partial charge in [-0.15, -0.1) is 11.8 Å². The molecule has 1 aliphatic heterocycles. The van der Waals surface area contributed by atoms with Gasteiger partial charge in [-0.25, -0.2) is 4.98 Å². The Hall–Kier alpha value is -3.84. The molecule has 0 fully saturated rings. The molecule has 0 unspecified atom stereocenters. The van der Waals surface area contributed by atoms with Crippen molar-refractivity contribution in [2.75, 3.05) is 33.1 Å². The summed E-state index contributed by atoms with van der Waals surface area (Å²) in [5.41, 5.74) is 0.590. The Labute approximate surface area is 256 Å². The predicted molar refractivity (Wildman–Crippen MR) is 162 cm³/mol. The zero-order valence-corrected chi connectivity index (χ0v) is 26.2. The van der Waals surface area contributed by atoms with E-state index in [0.717, 1.165) is 0 Å². The third kappa shape index (κ3) is 8.60. The third-order valence-corrected chi connectivity index (χ3v) is 7.91. The van der Waals surface area contributed by atoms with Crippen LogP contribution in [0.2, 0.25) is 0 Å². The van der Waals surface area contributed by atoms with Crippen LogP contribution in [-0.2, 0) is 9.59 Å². The fraction of sp³-hybridized carbons (Fsp3) is 0.500. The summed E-state index contributed by atoms with van der Waals surface area (Å²) in [4.78, 5) is 59.8. The van der Waals surface area contributed by atoms with E-state index >= 15 is 0 Å². The van der Waals surface area contributed by atoms with Crippen molar-refractivity contribution in [2.45, 2.75) is 63.4 Å². The molecule has 234 valence electrons. The molecule has 4 N–H and O–H groups in total. The van der Waals surface area contributed by atoms with Crippen LogP contribution >= 0.6 is 11.8 Å². The molecule has 0 saturated heterocycles. The predicted octanol–water partition coefficient (Wildman–Crippen LogP) is 1.86. The van der Waals surface area contributed by atoms with Crippen molar-refractivity contribution < 1.29 is 33.8 Å². The van der Waals surface area contributed by atoms with Crippen LogP contribution in [0.4, 0.5) is 0 Å². The van der Waals surface area contributed by atoms with E-state index in [1.54, 1.807) is 37.4 Å². The molecule has 1 aromatic carbocycles. The summed E-state index contributed by atoms with van der Waals surface area (Å²) in [5, 5.41) is 18.7. The number of hydrogen-bond donors (Lipinski definition) is 4. The summed E-state index contributed by atoms with van der Waals surface area (Å²) < 4.78 is 11.6. The van der Waals surface area contributed by atoms with Gasteiger partial charge in [0.2, 0.25) is 5.91 Å². The number of rotatable bonds is 8. The van der Waals surface area contributed by atoms with E-state index in [0.29, 0.717) is 17.0 Å². The van der Waals surface area contributed by atoms with Crippen LogP contribution in [-0.4, -0.2) is 95.9 Å². The normalized spacial score (nSPS) is 20.3. The molecule has 0 aliphatic carbocycles. The molecule has 2 bridgehead atoms. The first-order valence-electron chi connectivity index (χ1n) is 14.2. The highest BCUT2D eigenvalue weighted by atomic mass is 32.2. The lowest BCUT2D eigenvalue weighted by molar-refractivity contribution is -0.131. The summed E-state index contributed by atoms with van der Waals surface area (Å²) >= 11 is 1.31. The molecule has 0 radical (unpaired) electrons. The van der Waals surface area contributed by atoms with Gasteiger partial charge < -0.3 is 35.4 Å². The molecule has 0 saturated carbocycles. The van der Waals surface area contributed by atoms with Crippen molar-refractivity contribution in [3.05, 3.63) is 47.7 Å². The second kappa shape index (κ2) is 15.6. The van der Waals surface area contributed by atoms with Crippen molar-refractivity contribution in [1.29, 1.82) is 0 Å². The maximum Gasteiger partial charge on any atom is 0.263 e. The van der Waals surface area contributed by atoms with Gasteiger partial charge in [0, 0.05) is 24.3 Å². The van der Waals surface area contributed by atoms with Gasteiger partial charge in [0.05, 0.1) is 37.9 Å². The zero-order chi connectivity index (χ0) is 31.7. The number of methoxy groups -OCH3 is 1. The summed E-state index contributed by atoms with van der Waals surface area (Å²) in [6.45, 7) is 6.66. The minimum Gasteiger partial charge on any atom is -0.493 e. The van der Waals surface area contributed by atoms with E-state index in [1.807, 2.05) is 27.0 Å². The van der Waals surface area contributed by atoms with E-state index < -0.39 is 47.9 Å². The SMILES string of the molecule is CC[C@@H](CO)NC(=O)[C@@H]1Oc2cc(ccc2OC)C(=O)N[C@@H](C(C)C)CN(C(=O)c2cccnc2SC)CC(=O)N[C@H]1C. The molecule has 12 nitrogen and oxygen atoms in total. The number of aliphatic hydroxyl groups is 1. The maximum absolute atomic E-state index is 13.8. The number of carbonyl (C=O) groups is 4. The summed E-state index contributed by atoms with van der Waals surface area (Å²) in [6, 6.07) is 5.99. The number of ether oxygens (including phenoxy) is 2. The highest BCUT2D eigenvalue weighted by Crippen LogP contribution is 2.30. The summed E-state index contributed by atoms with van der Waals surface area (Å²) in [6.07, 6.45) is 2.59. The Morgan fingerprint density at radius 2 is 2.00 bits per heavy atom. The lowest BCUT2D eigenvalue weighted by Crippen LogP contribution is -2.56. The number of thioether (sulfide) groups is 1. The Morgan fingerprint density at radius 3 is 2.63 bits per heavy atom. The van der Waals surface area contributed by atoms with Gasteiger partial charge in [-0.2, -0.15) is 0 Å². The minimum atomic E-state index is -1.27. The molecule has 1 aliphatic rings. The van der Waals surface area contributed by atoms with Gasteiger partial charge in [0.15, 0.2) is 17.6 Å². The van der Waals surface area contributed by atoms with Crippen molar-refractivity contribution in [3.8, 4) is 11.5 Å². The fourth-order valence-electron chi connectivity index (χ4n) is 4.56. The van der Waals surface area contributed by atoms with Crippen molar-refractivity contribution in [2.24, 2.45) is 5.92 Å². The molecular weight excluding hydrogens is 574 g/mol. The quantitative estimate of drug-likeness (QED) is 0.325. The molecule has 2 aromatic rings. The molecule has 4 atom stereocenters. The standard InChI is InChI=1S/C30H41N5O7S/c1-7-20(16-36)33-28(39)26-18(4)32-25(37)15-35(30(40)21-9-8-12-31-29(21)43-6)14-22(17(2)3)34-27(38)19-10-11-23(41-5)24(13-19)42-26/h8-13,17-18,20,22,26,36H,7,14-16H2,1-6H3,(H,32,37)(H,33,39)(H,34,38)/t18-,20-,22+,26+/m0/s1.